The molecule has 3 heterocycles. The number of Topliss-reactive ketones (excluding diaryl/α,β-unsaturated/α-hetero) is 1. The Kier molecular flexibility index (Phi) is 5.57. The van der Waals surface area contributed by atoms with Crippen molar-refractivity contribution < 1.29 is 14.0 Å². The number of benzene rings is 1. The lowest BCUT2D eigenvalue weighted by atomic mass is 10.1. The molecule has 9 heteroatoms. The molecule has 0 N–H and O–H groups in total. The van der Waals surface area contributed by atoms with Crippen LogP contribution in [-0.2, 0) is 13.5 Å². The minimum Gasteiger partial charge on any atom is -0.339 e. The Hall–Kier alpha value is -3.88. The summed E-state index contributed by atoms with van der Waals surface area (Å²) in [7, 11) is 3.08. The Morgan fingerprint density at radius 3 is 2.65 bits per heavy atom. The van der Waals surface area contributed by atoms with Crippen molar-refractivity contribution in [3.8, 4) is 11.3 Å². The fourth-order valence-corrected chi connectivity index (χ4v) is 3.36. The van der Waals surface area contributed by atoms with E-state index in [4.69, 9.17) is 0 Å². The Morgan fingerprint density at radius 1 is 1.13 bits per heavy atom. The van der Waals surface area contributed by atoms with Crippen molar-refractivity contribution in [1.82, 2.24) is 29.0 Å². The lowest BCUT2D eigenvalue weighted by Gasteiger charge is -2.15. The quantitative estimate of drug-likeness (QED) is 0.429. The van der Waals surface area contributed by atoms with Crippen molar-refractivity contribution in [1.29, 1.82) is 0 Å². The van der Waals surface area contributed by atoms with Crippen molar-refractivity contribution in [3.63, 3.8) is 0 Å². The van der Waals surface area contributed by atoms with E-state index in [9.17, 15) is 14.0 Å². The smallest absolute Gasteiger partial charge is 0.257 e. The minimum absolute atomic E-state index is 0.0172. The largest absolute Gasteiger partial charge is 0.339 e. The Bertz CT molecular complexity index is 1250. The van der Waals surface area contributed by atoms with Gasteiger partial charge in [0.25, 0.3) is 5.91 Å². The second-order valence-electron chi connectivity index (χ2n) is 7.16. The van der Waals surface area contributed by atoms with Crippen LogP contribution in [0.1, 0.15) is 26.5 Å². The minimum atomic E-state index is -0.662. The van der Waals surface area contributed by atoms with E-state index in [1.165, 1.54) is 22.8 Å². The molecule has 0 spiro atoms. The van der Waals surface area contributed by atoms with Gasteiger partial charge in [-0.25, -0.2) is 14.4 Å². The van der Waals surface area contributed by atoms with Gasteiger partial charge in [0.2, 0.25) is 5.78 Å². The Balaban J connectivity index is 1.59. The van der Waals surface area contributed by atoms with Crippen LogP contribution in [-0.4, -0.2) is 61.0 Å². The molecule has 0 aliphatic rings. The summed E-state index contributed by atoms with van der Waals surface area (Å²) in [5.41, 5.74) is 2.61. The van der Waals surface area contributed by atoms with Crippen LogP contribution >= 0.6 is 0 Å². The van der Waals surface area contributed by atoms with E-state index in [1.54, 1.807) is 23.7 Å². The molecular formula is C22H21FN6O2. The molecule has 8 nitrogen and oxygen atoms in total. The highest BCUT2D eigenvalue weighted by atomic mass is 19.1. The zero-order valence-corrected chi connectivity index (χ0v) is 17.2. The molecule has 0 unspecified atom stereocenters. The number of alkyl halides is 1. The average molecular weight is 420 g/mol. The van der Waals surface area contributed by atoms with E-state index < -0.39 is 12.6 Å². The van der Waals surface area contributed by atoms with E-state index >= 15 is 0 Å². The molecule has 3 aromatic heterocycles. The van der Waals surface area contributed by atoms with Crippen molar-refractivity contribution in [2.45, 2.75) is 6.42 Å². The second-order valence-corrected chi connectivity index (χ2v) is 7.16. The first-order valence-electron chi connectivity index (χ1n) is 9.74. The van der Waals surface area contributed by atoms with Gasteiger partial charge in [0.15, 0.2) is 5.78 Å². The maximum Gasteiger partial charge on any atom is 0.257 e. The number of amides is 1. The van der Waals surface area contributed by atoms with Gasteiger partial charge < -0.3 is 4.90 Å². The van der Waals surface area contributed by atoms with E-state index in [0.717, 1.165) is 11.3 Å². The number of aryl methyl sites for hydroxylation is 1. The Morgan fingerprint density at radius 2 is 1.90 bits per heavy atom. The molecule has 0 saturated heterocycles. The van der Waals surface area contributed by atoms with Crippen LogP contribution in [0, 0.1) is 0 Å². The summed E-state index contributed by atoms with van der Waals surface area (Å²) >= 11 is 0. The highest BCUT2D eigenvalue weighted by Crippen LogP contribution is 2.19. The molecule has 0 aliphatic carbocycles. The van der Waals surface area contributed by atoms with Crippen LogP contribution in [0.4, 0.5) is 4.39 Å². The fourth-order valence-electron chi connectivity index (χ4n) is 3.36. The first-order valence-corrected chi connectivity index (χ1v) is 9.74. The molecule has 4 aromatic rings. The molecule has 0 fully saturated rings. The van der Waals surface area contributed by atoms with Crippen molar-refractivity contribution in [3.05, 3.63) is 71.9 Å². The van der Waals surface area contributed by atoms with Gasteiger partial charge in [0, 0.05) is 38.6 Å². The fraction of sp³-hybridized carbons (Fsp3) is 0.227. The van der Waals surface area contributed by atoms with E-state index in [-0.39, 0.29) is 30.0 Å². The molecule has 1 aromatic carbocycles. The average Bonchev–Trinajstić information content (AvgIpc) is 3.37. The van der Waals surface area contributed by atoms with Gasteiger partial charge >= 0.3 is 0 Å². The molecule has 0 saturated carbocycles. The third kappa shape index (κ3) is 4.07. The molecule has 0 radical (unpaired) electrons. The standard InChI is InChI=1S/C22H21FN6O2/c1-27(11-9-23)21(31)17-13-24-28(2)20(17)19(30)12-16-8-10-29-14-18(26-22(29)25-16)15-6-4-3-5-7-15/h3-8,10,13-14H,9,11-12H2,1-2H3. The summed E-state index contributed by atoms with van der Waals surface area (Å²) in [4.78, 5) is 35.8. The predicted octanol–water partition coefficient (Wildman–Crippen LogP) is 2.60. The number of ketones is 1. The van der Waals surface area contributed by atoms with Gasteiger partial charge in [-0.2, -0.15) is 5.10 Å². The molecule has 31 heavy (non-hydrogen) atoms. The third-order valence-corrected chi connectivity index (χ3v) is 5.00. The summed E-state index contributed by atoms with van der Waals surface area (Å²) in [6.45, 7) is -0.714. The van der Waals surface area contributed by atoms with Crippen molar-refractivity contribution in [2.75, 3.05) is 20.3 Å². The maximum absolute atomic E-state index is 13.0. The summed E-state index contributed by atoms with van der Waals surface area (Å²) in [6, 6.07) is 11.5. The van der Waals surface area contributed by atoms with Gasteiger partial charge in [-0.05, 0) is 6.07 Å². The monoisotopic (exact) mass is 420 g/mol. The third-order valence-electron chi connectivity index (χ3n) is 5.00. The number of hydrogen-bond acceptors (Lipinski definition) is 5. The van der Waals surface area contributed by atoms with Gasteiger partial charge in [-0.1, -0.05) is 30.3 Å². The van der Waals surface area contributed by atoms with Gasteiger partial charge in [-0.3, -0.25) is 18.7 Å². The number of fused-ring (bicyclic) bond motifs is 1. The normalized spacial score (nSPS) is 11.1. The Labute approximate surface area is 178 Å². The first-order chi connectivity index (χ1) is 15.0. The predicted molar refractivity (Wildman–Crippen MR) is 113 cm³/mol. The lowest BCUT2D eigenvalue weighted by Crippen LogP contribution is -2.30. The lowest BCUT2D eigenvalue weighted by molar-refractivity contribution is 0.0779. The molecule has 1 amide bonds. The number of imidazole rings is 1. The van der Waals surface area contributed by atoms with E-state index in [1.807, 2.05) is 36.5 Å². The van der Waals surface area contributed by atoms with Gasteiger partial charge in [-0.15, -0.1) is 0 Å². The number of carbonyl (C=O) groups excluding carboxylic acids is 2. The molecule has 0 aliphatic heterocycles. The highest BCUT2D eigenvalue weighted by molar-refractivity contribution is 6.07. The summed E-state index contributed by atoms with van der Waals surface area (Å²) < 4.78 is 15.8. The number of halogens is 1. The van der Waals surface area contributed by atoms with E-state index in [0.29, 0.717) is 11.5 Å². The number of rotatable bonds is 7. The van der Waals surface area contributed by atoms with Crippen LogP contribution in [0.25, 0.3) is 17.0 Å². The molecule has 0 bridgehead atoms. The SMILES string of the molecule is CN(CCF)C(=O)c1cnn(C)c1C(=O)Cc1ccn2cc(-c3ccccc3)nc2n1. The molecule has 0 atom stereocenters. The molecule has 4 rings (SSSR count). The van der Waals surface area contributed by atoms with Crippen LogP contribution < -0.4 is 0 Å². The first kappa shape index (κ1) is 20.4. The zero-order chi connectivity index (χ0) is 22.0. The number of nitrogens with zero attached hydrogens (tertiary/aromatic N) is 6. The van der Waals surface area contributed by atoms with Crippen LogP contribution in [0.5, 0.6) is 0 Å². The van der Waals surface area contributed by atoms with Crippen LogP contribution in [0.2, 0.25) is 0 Å². The summed E-state index contributed by atoms with van der Waals surface area (Å²) in [6.07, 6.45) is 4.99. The van der Waals surface area contributed by atoms with Gasteiger partial charge in [0.05, 0.1) is 29.6 Å². The summed E-state index contributed by atoms with van der Waals surface area (Å²) in [5.74, 6) is -0.268. The number of aromatic nitrogens is 5. The maximum atomic E-state index is 13.0. The van der Waals surface area contributed by atoms with Crippen molar-refractivity contribution >= 4 is 17.5 Å². The molecular weight excluding hydrogens is 399 g/mol. The number of carbonyl (C=O) groups is 2. The summed E-state index contributed by atoms with van der Waals surface area (Å²) in [5, 5.41) is 4.05. The van der Waals surface area contributed by atoms with Crippen molar-refractivity contribution in [2.24, 2.45) is 7.05 Å². The topological polar surface area (TPSA) is 85.4 Å². The van der Waals surface area contributed by atoms with Gasteiger partial charge in [0.1, 0.15) is 12.4 Å². The number of hydrogen-bond donors (Lipinski definition) is 0. The highest BCUT2D eigenvalue weighted by Gasteiger charge is 2.24. The van der Waals surface area contributed by atoms with Crippen LogP contribution in [0.15, 0.2) is 55.0 Å². The second kappa shape index (κ2) is 8.47. The molecule has 158 valence electrons. The van der Waals surface area contributed by atoms with E-state index in [2.05, 4.69) is 15.1 Å². The zero-order valence-electron chi connectivity index (χ0n) is 17.2. The van der Waals surface area contributed by atoms with Crippen LogP contribution in [0.3, 0.4) is 0 Å².